The Labute approximate surface area is 60.8 Å². The summed E-state index contributed by atoms with van der Waals surface area (Å²) in [5.74, 6) is 0.150. The average molecular weight is 137 g/mol. The first kappa shape index (κ1) is 7.27. The van der Waals surface area contributed by atoms with Crippen LogP contribution >= 0.6 is 0 Å². The fourth-order valence-corrected chi connectivity index (χ4v) is 1.50. The molecule has 2 nitrogen and oxygen atoms in total. The van der Waals surface area contributed by atoms with Gasteiger partial charge in [0.25, 0.3) is 0 Å². The van der Waals surface area contributed by atoms with Crippen molar-refractivity contribution in [1.82, 2.24) is 0 Å². The number of hydrogen-bond donors (Lipinski definition) is 0. The fourth-order valence-electron chi connectivity index (χ4n) is 1.50. The van der Waals surface area contributed by atoms with Gasteiger partial charge in [0.15, 0.2) is 5.78 Å². The second-order valence-corrected chi connectivity index (χ2v) is 2.82. The molecule has 0 bridgehead atoms. The van der Waals surface area contributed by atoms with E-state index in [1.165, 1.54) is 0 Å². The summed E-state index contributed by atoms with van der Waals surface area (Å²) >= 11 is 0. The molecule has 0 heterocycles. The Morgan fingerprint density at radius 3 is 2.70 bits per heavy atom. The van der Waals surface area contributed by atoms with Crippen molar-refractivity contribution in [1.29, 1.82) is 5.26 Å². The van der Waals surface area contributed by atoms with Crippen LogP contribution in [0.5, 0.6) is 0 Å². The molecule has 1 aliphatic rings. The van der Waals surface area contributed by atoms with Crippen molar-refractivity contribution >= 4 is 5.78 Å². The minimum atomic E-state index is -0.597. The molecule has 1 saturated carbocycles. The Morgan fingerprint density at radius 2 is 2.50 bits per heavy atom. The molecule has 0 aromatic carbocycles. The standard InChI is InChI=1S/C8H11NO/c1-2-8(6-9)5-3-4-7(8)10/h2-5H2,1H3/t8-/m1/s1. The fraction of sp³-hybridized carbons (Fsp3) is 0.750. The highest BCUT2D eigenvalue weighted by Gasteiger charge is 2.40. The maximum absolute atomic E-state index is 11.1. The van der Waals surface area contributed by atoms with Crippen LogP contribution in [0.2, 0.25) is 0 Å². The van der Waals surface area contributed by atoms with Crippen LogP contribution in [0.1, 0.15) is 32.6 Å². The quantitative estimate of drug-likeness (QED) is 0.551. The maximum atomic E-state index is 11.1. The summed E-state index contributed by atoms with van der Waals surface area (Å²) in [6, 6.07) is 2.13. The van der Waals surface area contributed by atoms with Gasteiger partial charge in [-0.25, -0.2) is 0 Å². The molecule has 0 amide bonds. The third-order valence-corrected chi connectivity index (χ3v) is 2.36. The van der Waals surface area contributed by atoms with Crippen LogP contribution in [0.3, 0.4) is 0 Å². The smallest absolute Gasteiger partial charge is 0.153 e. The molecule has 0 radical (unpaired) electrons. The Hall–Kier alpha value is -0.840. The van der Waals surface area contributed by atoms with Crippen molar-refractivity contribution in [3.05, 3.63) is 0 Å². The lowest BCUT2D eigenvalue weighted by atomic mass is 9.84. The number of ketones is 1. The number of carbonyl (C=O) groups excluding carboxylic acids is 1. The molecule has 0 spiro atoms. The molecule has 1 atom stereocenters. The number of nitrogens with zero attached hydrogens (tertiary/aromatic N) is 1. The summed E-state index contributed by atoms with van der Waals surface area (Å²) in [5, 5.41) is 8.72. The third kappa shape index (κ3) is 0.824. The second kappa shape index (κ2) is 2.42. The zero-order chi connectivity index (χ0) is 7.61. The van der Waals surface area contributed by atoms with Gasteiger partial charge in [0.05, 0.1) is 6.07 Å². The van der Waals surface area contributed by atoms with Crippen molar-refractivity contribution in [3.63, 3.8) is 0 Å². The molecular weight excluding hydrogens is 126 g/mol. The van der Waals surface area contributed by atoms with Gasteiger partial charge in [0.2, 0.25) is 0 Å². The van der Waals surface area contributed by atoms with Crippen LogP contribution in [0, 0.1) is 16.7 Å². The van der Waals surface area contributed by atoms with E-state index in [-0.39, 0.29) is 5.78 Å². The first-order chi connectivity index (χ1) is 4.75. The van der Waals surface area contributed by atoms with Gasteiger partial charge in [-0.15, -0.1) is 0 Å². The molecular formula is C8H11NO. The van der Waals surface area contributed by atoms with Gasteiger partial charge in [-0.1, -0.05) is 6.92 Å². The summed E-state index contributed by atoms with van der Waals surface area (Å²) in [6.45, 7) is 1.91. The minimum Gasteiger partial charge on any atom is -0.298 e. The van der Waals surface area contributed by atoms with E-state index in [4.69, 9.17) is 5.26 Å². The lowest BCUT2D eigenvalue weighted by Gasteiger charge is -2.14. The summed E-state index contributed by atoms with van der Waals surface area (Å²) in [7, 11) is 0. The highest BCUT2D eigenvalue weighted by atomic mass is 16.1. The predicted octanol–water partition coefficient (Wildman–Crippen LogP) is 1.66. The predicted molar refractivity (Wildman–Crippen MR) is 37.2 cm³/mol. The van der Waals surface area contributed by atoms with Crippen LogP contribution in [0.4, 0.5) is 0 Å². The van der Waals surface area contributed by atoms with Crippen LogP contribution in [0.25, 0.3) is 0 Å². The van der Waals surface area contributed by atoms with Crippen molar-refractivity contribution in [3.8, 4) is 6.07 Å². The maximum Gasteiger partial charge on any atom is 0.153 e. The Bertz CT molecular complexity index is 192. The molecule has 0 aliphatic heterocycles. The first-order valence-electron chi connectivity index (χ1n) is 3.70. The Balaban J connectivity index is 2.84. The van der Waals surface area contributed by atoms with Crippen molar-refractivity contribution in [2.45, 2.75) is 32.6 Å². The number of Topliss-reactive ketones (excluding diaryl/α,β-unsaturated/α-hetero) is 1. The van der Waals surface area contributed by atoms with Gasteiger partial charge in [0, 0.05) is 6.42 Å². The van der Waals surface area contributed by atoms with E-state index < -0.39 is 5.41 Å². The topological polar surface area (TPSA) is 40.9 Å². The minimum absolute atomic E-state index is 0.150. The molecule has 0 aromatic heterocycles. The number of hydrogen-bond acceptors (Lipinski definition) is 2. The van der Waals surface area contributed by atoms with Crippen molar-refractivity contribution in [2.24, 2.45) is 5.41 Å². The van der Waals surface area contributed by atoms with E-state index in [2.05, 4.69) is 6.07 Å². The first-order valence-corrected chi connectivity index (χ1v) is 3.70. The monoisotopic (exact) mass is 137 g/mol. The Kier molecular flexibility index (Phi) is 1.76. The van der Waals surface area contributed by atoms with Gasteiger partial charge in [-0.3, -0.25) is 4.79 Å². The molecule has 10 heavy (non-hydrogen) atoms. The van der Waals surface area contributed by atoms with Gasteiger partial charge < -0.3 is 0 Å². The average Bonchev–Trinajstić information content (AvgIpc) is 2.32. The summed E-state index contributed by atoms with van der Waals surface area (Å²) in [5.41, 5.74) is -0.597. The number of rotatable bonds is 1. The van der Waals surface area contributed by atoms with Gasteiger partial charge in [-0.2, -0.15) is 5.26 Å². The summed E-state index contributed by atoms with van der Waals surface area (Å²) in [4.78, 5) is 11.1. The lowest BCUT2D eigenvalue weighted by Crippen LogP contribution is -2.21. The zero-order valence-electron chi connectivity index (χ0n) is 6.18. The van der Waals surface area contributed by atoms with E-state index in [1.807, 2.05) is 6.92 Å². The molecule has 1 fully saturated rings. The van der Waals surface area contributed by atoms with Crippen LogP contribution in [0.15, 0.2) is 0 Å². The Morgan fingerprint density at radius 1 is 1.80 bits per heavy atom. The highest BCUT2D eigenvalue weighted by Crippen LogP contribution is 2.36. The van der Waals surface area contributed by atoms with Gasteiger partial charge in [-0.05, 0) is 19.3 Å². The largest absolute Gasteiger partial charge is 0.298 e. The molecule has 1 rings (SSSR count). The van der Waals surface area contributed by atoms with E-state index in [1.54, 1.807) is 0 Å². The van der Waals surface area contributed by atoms with E-state index >= 15 is 0 Å². The molecule has 0 saturated heterocycles. The molecule has 54 valence electrons. The molecule has 0 N–H and O–H groups in total. The molecule has 1 aliphatic carbocycles. The van der Waals surface area contributed by atoms with Crippen molar-refractivity contribution < 1.29 is 4.79 Å². The molecule has 2 heteroatoms. The van der Waals surface area contributed by atoms with E-state index in [9.17, 15) is 4.79 Å². The number of carbonyl (C=O) groups is 1. The summed E-state index contributed by atoms with van der Waals surface area (Å²) < 4.78 is 0. The molecule has 0 unspecified atom stereocenters. The SMILES string of the molecule is CC[C@]1(C#N)CCCC1=O. The van der Waals surface area contributed by atoms with E-state index in [0.29, 0.717) is 12.8 Å². The number of nitriles is 1. The third-order valence-electron chi connectivity index (χ3n) is 2.36. The van der Waals surface area contributed by atoms with Gasteiger partial charge in [0.1, 0.15) is 5.41 Å². The van der Waals surface area contributed by atoms with Gasteiger partial charge >= 0.3 is 0 Å². The summed E-state index contributed by atoms with van der Waals surface area (Å²) in [6.07, 6.45) is 2.97. The lowest BCUT2D eigenvalue weighted by molar-refractivity contribution is -0.123. The highest BCUT2D eigenvalue weighted by molar-refractivity contribution is 5.89. The molecule has 0 aromatic rings. The second-order valence-electron chi connectivity index (χ2n) is 2.82. The van der Waals surface area contributed by atoms with Crippen LogP contribution < -0.4 is 0 Å². The van der Waals surface area contributed by atoms with E-state index in [0.717, 1.165) is 12.8 Å². The van der Waals surface area contributed by atoms with Crippen LogP contribution in [-0.2, 0) is 4.79 Å². The van der Waals surface area contributed by atoms with Crippen molar-refractivity contribution in [2.75, 3.05) is 0 Å². The zero-order valence-corrected chi connectivity index (χ0v) is 6.18. The van der Waals surface area contributed by atoms with Crippen LogP contribution in [-0.4, -0.2) is 5.78 Å². The normalized spacial score (nSPS) is 32.2.